The number of nitrogens with one attached hydrogen (secondary N) is 2. The number of benzene rings is 1. The monoisotopic (exact) mass is 311 g/mol. The number of aromatic nitrogens is 1. The van der Waals surface area contributed by atoms with Gasteiger partial charge in [0.15, 0.2) is 0 Å². The van der Waals surface area contributed by atoms with Gasteiger partial charge in [0.1, 0.15) is 5.75 Å². The number of anilines is 1. The molecule has 6 heteroatoms. The van der Waals surface area contributed by atoms with Crippen LogP contribution in [0.5, 0.6) is 5.75 Å². The second-order valence-electron chi connectivity index (χ2n) is 5.59. The highest BCUT2D eigenvalue weighted by Crippen LogP contribution is 2.34. The number of amides is 2. The largest absolute Gasteiger partial charge is 0.466 e. The van der Waals surface area contributed by atoms with Gasteiger partial charge in [0.2, 0.25) is 0 Å². The first-order chi connectivity index (χ1) is 11.0. The SMILES string of the molecule is Cc1ccc2c(c1)NC(=O)[C@@](C)(C(=O)NCc1ccccn1)O2. The molecule has 6 nitrogen and oxygen atoms in total. The van der Waals surface area contributed by atoms with Gasteiger partial charge >= 0.3 is 0 Å². The molecule has 118 valence electrons. The third-order valence-electron chi connectivity index (χ3n) is 3.72. The van der Waals surface area contributed by atoms with E-state index in [-0.39, 0.29) is 6.54 Å². The molecule has 2 N–H and O–H groups in total. The molecule has 2 heterocycles. The maximum atomic E-state index is 12.5. The van der Waals surface area contributed by atoms with E-state index in [9.17, 15) is 9.59 Å². The van der Waals surface area contributed by atoms with E-state index in [1.807, 2.05) is 19.1 Å². The van der Waals surface area contributed by atoms with Crippen LogP contribution < -0.4 is 15.4 Å². The number of carbonyl (C=O) groups is 2. The minimum atomic E-state index is -1.61. The fraction of sp³-hybridized carbons (Fsp3) is 0.235. The average molecular weight is 311 g/mol. The van der Waals surface area contributed by atoms with Gasteiger partial charge in [-0.3, -0.25) is 14.6 Å². The molecular weight excluding hydrogens is 294 g/mol. The van der Waals surface area contributed by atoms with Gasteiger partial charge in [-0.2, -0.15) is 0 Å². The summed E-state index contributed by atoms with van der Waals surface area (Å²) in [7, 11) is 0. The van der Waals surface area contributed by atoms with Crippen molar-refractivity contribution in [3.8, 4) is 5.75 Å². The second kappa shape index (κ2) is 5.72. The van der Waals surface area contributed by atoms with Gasteiger partial charge in [-0.15, -0.1) is 0 Å². The zero-order valence-corrected chi connectivity index (χ0v) is 12.9. The van der Waals surface area contributed by atoms with Crippen LogP contribution in [-0.2, 0) is 16.1 Å². The quantitative estimate of drug-likeness (QED) is 0.847. The summed E-state index contributed by atoms with van der Waals surface area (Å²) >= 11 is 0. The first kappa shape index (κ1) is 15.0. The minimum Gasteiger partial charge on any atom is -0.466 e. The lowest BCUT2D eigenvalue weighted by Crippen LogP contribution is -2.58. The van der Waals surface area contributed by atoms with Crippen LogP contribution in [0.3, 0.4) is 0 Å². The molecule has 0 bridgehead atoms. The molecule has 0 aliphatic carbocycles. The number of aryl methyl sites for hydroxylation is 1. The standard InChI is InChI=1S/C17H17N3O3/c1-11-6-7-14-13(9-11)20-16(22)17(2,23-14)15(21)19-10-12-5-3-4-8-18-12/h3-9H,10H2,1-2H3,(H,19,21)(H,20,22)/t17-/m1/s1. The summed E-state index contributed by atoms with van der Waals surface area (Å²) in [5.74, 6) is -0.522. The van der Waals surface area contributed by atoms with Crippen molar-refractivity contribution < 1.29 is 14.3 Å². The van der Waals surface area contributed by atoms with Gasteiger partial charge in [0, 0.05) is 6.20 Å². The minimum absolute atomic E-state index is 0.229. The summed E-state index contributed by atoms with van der Waals surface area (Å²) in [5, 5.41) is 5.42. The Kier molecular flexibility index (Phi) is 3.73. The molecule has 1 aromatic carbocycles. The summed E-state index contributed by atoms with van der Waals surface area (Å²) < 4.78 is 5.69. The van der Waals surface area contributed by atoms with Gasteiger partial charge in [0.05, 0.1) is 17.9 Å². The fourth-order valence-electron chi connectivity index (χ4n) is 2.33. The Morgan fingerprint density at radius 3 is 2.91 bits per heavy atom. The number of carbonyl (C=O) groups excluding carboxylic acids is 2. The van der Waals surface area contributed by atoms with E-state index in [2.05, 4.69) is 15.6 Å². The highest BCUT2D eigenvalue weighted by atomic mass is 16.5. The number of nitrogens with zero attached hydrogens (tertiary/aromatic N) is 1. The summed E-state index contributed by atoms with van der Waals surface area (Å²) in [6, 6.07) is 10.8. The summed E-state index contributed by atoms with van der Waals surface area (Å²) in [6.07, 6.45) is 1.64. The average Bonchev–Trinajstić information content (AvgIpc) is 2.55. The molecule has 1 aliphatic heterocycles. The van der Waals surface area contributed by atoms with Crippen molar-refractivity contribution >= 4 is 17.5 Å². The molecule has 1 atom stereocenters. The normalized spacial score (nSPS) is 19.3. The zero-order chi connectivity index (χ0) is 16.4. The van der Waals surface area contributed by atoms with Gasteiger partial charge in [-0.1, -0.05) is 12.1 Å². The number of ether oxygens (including phenoxy) is 1. The first-order valence-corrected chi connectivity index (χ1v) is 7.28. The Morgan fingerprint density at radius 1 is 1.35 bits per heavy atom. The predicted molar refractivity (Wildman–Crippen MR) is 84.9 cm³/mol. The van der Waals surface area contributed by atoms with E-state index in [1.165, 1.54) is 6.92 Å². The summed E-state index contributed by atoms with van der Waals surface area (Å²) in [6.45, 7) is 3.60. The highest BCUT2D eigenvalue weighted by Gasteiger charge is 2.47. The third-order valence-corrected chi connectivity index (χ3v) is 3.72. The van der Waals surface area contributed by atoms with Gasteiger partial charge in [0.25, 0.3) is 17.4 Å². The Hall–Kier alpha value is -2.89. The number of hydrogen-bond acceptors (Lipinski definition) is 4. The van der Waals surface area contributed by atoms with E-state index in [4.69, 9.17) is 4.74 Å². The third kappa shape index (κ3) is 2.88. The van der Waals surface area contributed by atoms with E-state index in [0.29, 0.717) is 17.1 Å². The number of fused-ring (bicyclic) bond motifs is 1. The molecule has 0 saturated heterocycles. The van der Waals surface area contributed by atoms with Crippen LogP contribution >= 0.6 is 0 Å². The van der Waals surface area contributed by atoms with E-state index < -0.39 is 17.4 Å². The Bertz CT molecular complexity index is 761. The molecule has 0 radical (unpaired) electrons. The number of rotatable bonds is 3. The smallest absolute Gasteiger partial charge is 0.278 e. The van der Waals surface area contributed by atoms with Crippen molar-refractivity contribution in [3.05, 3.63) is 53.9 Å². The zero-order valence-electron chi connectivity index (χ0n) is 12.9. The van der Waals surface area contributed by atoms with Crippen LogP contribution in [-0.4, -0.2) is 22.4 Å². The van der Waals surface area contributed by atoms with Crippen LogP contribution in [0.1, 0.15) is 18.2 Å². The molecule has 23 heavy (non-hydrogen) atoms. The van der Waals surface area contributed by atoms with Gasteiger partial charge < -0.3 is 15.4 Å². The van der Waals surface area contributed by atoms with Crippen LogP contribution in [0.2, 0.25) is 0 Å². The van der Waals surface area contributed by atoms with Crippen LogP contribution in [0, 0.1) is 6.92 Å². The Labute approximate surface area is 133 Å². The molecule has 0 unspecified atom stereocenters. The molecule has 1 aromatic heterocycles. The number of pyridine rings is 1. The fourth-order valence-corrected chi connectivity index (χ4v) is 2.33. The summed E-state index contributed by atoms with van der Waals surface area (Å²) in [5.41, 5.74) is 0.661. The highest BCUT2D eigenvalue weighted by molar-refractivity contribution is 6.15. The first-order valence-electron chi connectivity index (χ1n) is 7.28. The van der Waals surface area contributed by atoms with Crippen molar-refractivity contribution in [2.24, 2.45) is 0 Å². The molecule has 1 aliphatic rings. The lowest BCUT2D eigenvalue weighted by atomic mass is 10.0. The van der Waals surface area contributed by atoms with Crippen molar-refractivity contribution in [3.63, 3.8) is 0 Å². The lowest BCUT2D eigenvalue weighted by Gasteiger charge is -2.33. The molecule has 0 saturated carbocycles. The van der Waals surface area contributed by atoms with Crippen LogP contribution in [0.25, 0.3) is 0 Å². The van der Waals surface area contributed by atoms with Crippen molar-refractivity contribution in [2.45, 2.75) is 26.0 Å². The Morgan fingerprint density at radius 2 is 2.17 bits per heavy atom. The summed E-state index contributed by atoms with van der Waals surface area (Å²) in [4.78, 5) is 28.9. The number of hydrogen-bond donors (Lipinski definition) is 2. The van der Waals surface area contributed by atoms with E-state index >= 15 is 0 Å². The van der Waals surface area contributed by atoms with E-state index in [1.54, 1.807) is 30.5 Å². The molecular formula is C17H17N3O3. The lowest BCUT2D eigenvalue weighted by molar-refractivity contribution is -0.146. The molecule has 0 fully saturated rings. The van der Waals surface area contributed by atoms with Gasteiger partial charge in [-0.25, -0.2) is 0 Å². The molecule has 2 amide bonds. The molecule has 0 spiro atoms. The van der Waals surface area contributed by atoms with Crippen molar-refractivity contribution in [2.75, 3.05) is 5.32 Å². The topological polar surface area (TPSA) is 80.3 Å². The molecule has 2 aromatic rings. The van der Waals surface area contributed by atoms with Crippen molar-refractivity contribution in [1.29, 1.82) is 0 Å². The maximum absolute atomic E-state index is 12.5. The van der Waals surface area contributed by atoms with Crippen LogP contribution in [0.15, 0.2) is 42.6 Å². The van der Waals surface area contributed by atoms with E-state index in [0.717, 1.165) is 5.56 Å². The van der Waals surface area contributed by atoms with Crippen molar-refractivity contribution in [1.82, 2.24) is 10.3 Å². The van der Waals surface area contributed by atoms with Gasteiger partial charge in [-0.05, 0) is 43.7 Å². The predicted octanol–water partition coefficient (Wildman–Crippen LogP) is 1.80. The Balaban J connectivity index is 1.77. The second-order valence-corrected chi connectivity index (χ2v) is 5.59. The van der Waals surface area contributed by atoms with Crippen LogP contribution in [0.4, 0.5) is 5.69 Å². The molecule has 3 rings (SSSR count). The maximum Gasteiger partial charge on any atom is 0.278 e.